The van der Waals surface area contributed by atoms with Crippen LogP contribution < -0.4 is 10.6 Å². The van der Waals surface area contributed by atoms with Crippen molar-refractivity contribution >= 4 is 5.82 Å². The molecule has 0 saturated carbocycles. The number of rotatable bonds is 4. The van der Waals surface area contributed by atoms with Crippen LogP contribution >= 0.6 is 0 Å². The Morgan fingerprint density at radius 2 is 2.26 bits per heavy atom. The van der Waals surface area contributed by atoms with E-state index >= 15 is 0 Å². The average Bonchev–Trinajstić information content (AvgIpc) is 3.01. The normalized spacial score (nSPS) is 19.3. The maximum absolute atomic E-state index is 4.23. The van der Waals surface area contributed by atoms with E-state index in [2.05, 4.69) is 25.8 Å². The van der Waals surface area contributed by atoms with Gasteiger partial charge >= 0.3 is 0 Å². The van der Waals surface area contributed by atoms with Gasteiger partial charge in [-0.25, -0.2) is 0 Å². The van der Waals surface area contributed by atoms with Gasteiger partial charge < -0.3 is 15.6 Å². The summed E-state index contributed by atoms with van der Waals surface area (Å²) in [7, 11) is 0. The molecule has 3 N–H and O–H groups in total. The van der Waals surface area contributed by atoms with Crippen LogP contribution in [0.15, 0.2) is 30.5 Å². The van der Waals surface area contributed by atoms with Crippen LogP contribution in [0.5, 0.6) is 0 Å². The fraction of sp³-hybridized carbons (Fsp3) is 0.429. The van der Waals surface area contributed by atoms with E-state index in [1.165, 1.54) is 12.8 Å². The van der Waals surface area contributed by atoms with Gasteiger partial charge in [0, 0.05) is 12.7 Å². The molecule has 19 heavy (non-hydrogen) atoms. The number of anilines is 1. The molecule has 0 bridgehead atoms. The number of H-pyrrole nitrogens is 1. The maximum atomic E-state index is 4.23. The fourth-order valence-electron chi connectivity index (χ4n) is 2.41. The lowest BCUT2D eigenvalue weighted by molar-refractivity contribution is 0.392. The van der Waals surface area contributed by atoms with Gasteiger partial charge in [-0.15, -0.1) is 10.2 Å². The van der Waals surface area contributed by atoms with Gasteiger partial charge in [0.15, 0.2) is 0 Å². The number of nitrogens with zero attached hydrogens (tertiary/aromatic N) is 2. The molecule has 1 aliphatic rings. The lowest BCUT2D eigenvalue weighted by Crippen LogP contribution is -2.33. The summed E-state index contributed by atoms with van der Waals surface area (Å²) in [4.78, 5) is 3.13. The molecule has 2 aromatic rings. The van der Waals surface area contributed by atoms with Crippen LogP contribution in [0, 0.1) is 5.92 Å². The Balaban J connectivity index is 1.57. The van der Waals surface area contributed by atoms with E-state index in [1.54, 1.807) is 0 Å². The number of aromatic amines is 1. The number of piperidine rings is 1. The Kier molecular flexibility index (Phi) is 3.74. The molecule has 3 heterocycles. The highest BCUT2D eigenvalue weighted by Gasteiger charge is 2.12. The molecule has 3 rings (SSSR count). The number of hydrogen-bond acceptors (Lipinski definition) is 4. The lowest BCUT2D eigenvalue weighted by atomic mass is 10.00. The first-order chi connectivity index (χ1) is 9.42. The van der Waals surface area contributed by atoms with Gasteiger partial charge in [-0.05, 0) is 56.1 Å². The molecule has 0 spiro atoms. The summed E-state index contributed by atoms with van der Waals surface area (Å²) in [6, 6.07) is 7.92. The molecule has 1 atom stereocenters. The predicted molar refractivity (Wildman–Crippen MR) is 75.9 cm³/mol. The van der Waals surface area contributed by atoms with Crippen LogP contribution in [-0.4, -0.2) is 34.8 Å². The van der Waals surface area contributed by atoms with Gasteiger partial charge in [0.2, 0.25) is 0 Å². The fourth-order valence-corrected chi connectivity index (χ4v) is 2.41. The van der Waals surface area contributed by atoms with E-state index in [0.717, 1.165) is 36.8 Å². The number of aromatic nitrogens is 3. The lowest BCUT2D eigenvalue weighted by Gasteiger charge is -2.22. The van der Waals surface area contributed by atoms with Crippen molar-refractivity contribution in [2.45, 2.75) is 12.8 Å². The quantitative estimate of drug-likeness (QED) is 0.782. The standard InChI is InChI=1S/C14H19N5/c1-3-11(9-15-7-1)10-17-14-6-5-13(18-19-14)12-4-2-8-16-12/h2,4-6,8,11,15-16H,1,3,7,9-10H2,(H,17,19). The number of nitrogens with one attached hydrogen (secondary N) is 3. The first-order valence-electron chi connectivity index (χ1n) is 6.84. The van der Waals surface area contributed by atoms with E-state index in [1.807, 2.05) is 30.5 Å². The van der Waals surface area contributed by atoms with Crippen LogP contribution in [0.25, 0.3) is 11.4 Å². The summed E-state index contributed by atoms with van der Waals surface area (Å²) in [6.07, 6.45) is 4.44. The second-order valence-corrected chi connectivity index (χ2v) is 4.98. The van der Waals surface area contributed by atoms with E-state index in [-0.39, 0.29) is 0 Å². The third-order valence-corrected chi connectivity index (χ3v) is 3.51. The molecule has 5 heteroatoms. The maximum Gasteiger partial charge on any atom is 0.148 e. The van der Waals surface area contributed by atoms with Crippen molar-refractivity contribution in [3.8, 4) is 11.4 Å². The van der Waals surface area contributed by atoms with Crippen LogP contribution in [0.3, 0.4) is 0 Å². The molecular weight excluding hydrogens is 238 g/mol. The van der Waals surface area contributed by atoms with Gasteiger partial charge in [-0.3, -0.25) is 0 Å². The van der Waals surface area contributed by atoms with Crippen molar-refractivity contribution in [3.63, 3.8) is 0 Å². The molecule has 0 aliphatic carbocycles. The highest BCUT2D eigenvalue weighted by atomic mass is 15.2. The van der Waals surface area contributed by atoms with Crippen LogP contribution in [0.2, 0.25) is 0 Å². The minimum atomic E-state index is 0.693. The SMILES string of the molecule is c1c[nH]c(-c2ccc(NCC3CCCNC3)nn2)c1. The zero-order valence-corrected chi connectivity index (χ0v) is 10.9. The van der Waals surface area contributed by atoms with Crippen molar-refractivity contribution in [3.05, 3.63) is 30.5 Å². The zero-order valence-electron chi connectivity index (χ0n) is 10.9. The first-order valence-corrected chi connectivity index (χ1v) is 6.84. The second-order valence-electron chi connectivity index (χ2n) is 4.98. The van der Waals surface area contributed by atoms with E-state index in [9.17, 15) is 0 Å². The van der Waals surface area contributed by atoms with Crippen molar-refractivity contribution < 1.29 is 0 Å². The molecule has 1 aliphatic heterocycles. The van der Waals surface area contributed by atoms with Crippen molar-refractivity contribution in [2.24, 2.45) is 5.92 Å². The Hall–Kier alpha value is -1.88. The average molecular weight is 257 g/mol. The Morgan fingerprint density at radius 3 is 2.95 bits per heavy atom. The van der Waals surface area contributed by atoms with Gasteiger partial charge in [0.05, 0.1) is 5.69 Å². The monoisotopic (exact) mass is 257 g/mol. The molecule has 0 radical (unpaired) electrons. The molecule has 5 nitrogen and oxygen atoms in total. The van der Waals surface area contributed by atoms with E-state index in [4.69, 9.17) is 0 Å². The van der Waals surface area contributed by atoms with Crippen LogP contribution in [-0.2, 0) is 0 Å². The van der Waals surface area contributed by atoms with Gasteiger partial charge in [0.1, 0.15) is 11.5 Å². The van der Waals surface area contributed by atoms with E-state index < -0.39 is 0 Å². The summed E-state index contributed by atoms with van der Waals surface area (Å²) < 4.78 is 0. The van der Waals surface area contributed by atoms with Crippen LogP contribution in [0.4, 0.5) is 5.82 Å². The van der Waals surface area contributed by atoms with Gasteiger partial charge in [0.25, 0.3) is 0 Å². The smallest absolute Gasteiger partial charge is 0.148 e. The molecule has 0 aromatic carbocycles. The van der Waals surface area contributed by atoms with Gasteiger partial charge in [-0.2, -0.15) is 0 Å². The molecule has 0 amide bonds. The van der Waals surface area contributed by atoms with Crippen molar-refractivity contribution in [2.75, 3.05) is 25.0 Å². The highest BCUT2D eigenvalue weighted by Crippen LogP contribution is 2.15. The molecule has 2 aromatic heterocycles. The Labute approximate surface area is 112 Å². The largest absolute Gasteiger partial charge is 0.368 e. The van der Waals surface area contributed by atoms with Crippen LogP contribution in [0.1, 0.15) is 12.8 Å². The third-order valence-electron chi connectivity index (χ3n) is 3.51. The zero-order chi connectivity index (χ0) is 12.9. The van der Waals surface area contributed by atoms with Crippen molar-refractivity contribution in [1.82, 2.24) is 20.5 Å². The summed E-state index contributed by atoms with van der Waals surface area (Å²) in [6.45, 7) is 3.21. The third kappa shape index (κ3) is 3.12. The Morgan fingerprint density at radius 1 is 1.26 bits per heavy atom. The first kappa shape index (κ1) is 12.2. The van der Waals surface area contributed by atoms with Crippen molar-refractivity contribution in [1.29, 1.82) is 0 Å². The Bertz CT molecular complexity index is 485. The molecule has 1 unspecified atom stereocenters. The summed E-state index contributed by atoms with van der Waals surface area (Å²) in [5, 5.41) is 15.2. The molecule has 100 valence electrons. The summed E-state index contributed by atoms with van der Waals surface area (Å²) in [5.74, 6) is 1.54. The predicted octanol–water partition coefficient (Wildman–Crippen LogP) is 1.88. The molecular formula is C14H19N5. The topological polar surface area (TPSA) is 65.6 Å². The van der Waals surface area contributed by atoms with Gasteiger partial charge in [-0.1, -0.05) is 0 Å². The minimum Gasteiger partial charge on any atom is -0.368 e. The highest BCUT2D eigenvalue weighted by molar-refractivity contribution is 5.54. The second kappa shape index (κ2) is 5.84. The number of hydrogen-bond donors (Lipinski definition) is 3. The summed E-state index contributed by atoms with van der Waals surface area (Å²) in [5.41, 5.74) is 1.87. The van der Waals surface area contributed by atoms with E-state index in [0.29, 0.717) is 5.92 Å². The summed E-state index contributed by atoms with van der Waals surface area (Å²) >= 11 is 0. The minimum absolute atomic E-state index is 0.693. The molecule has 1 saturated heterocycles. The molecule has 1 fully saturated rings.